The van der Waals surface area contributed by atoms with Crippen molar-refractivity contribution in [1.82, 2.24) is 15.1 Å². The number of nitrogens with zero attached hydrogens (tertiary/aromatic N) is 2. The van der Waals surface area contributed by atoms with E-state index in [2.05, 4.69) is 5.32 Å². The van der Waals surface area contributed by atoms with Crippen molar-refractivity contribution in [2.24, 2.45) is 0 Å². The fraction of sp³-hybridized carbons (Fsp3) is 0.529. The van der Waals surface area contributed by atoms with E-state index in [9.17, 15) is 22.8 Å². The first-order chi connectivity index (χ1) is 12.4. The zero-order valence-corrected chi connectivity index (χ0v) is 15.3. The molecule has 27 heavy (non-hydrogen) atoms. The standard InChI is InChI=1S/C17H20F3N3O3.ClH/c18-17(19,20)13-3-1-12(2-4-13)15(24)22-6-8-23(9-7-22)16(25)14-11-21-5-10-26-14;/h1-4,14,21H,5-11H2;1H. The van der Waals surface area contributed by atoms with Crippen molar-refractivity contribution in [2.45, 2.75) is 12.3 Å². The third kappa shape index (κ3) is 5.12. The van der Waals surface area contributed by atoms with Gasteiger partial charge in [0.1, 0.15) is 6.10 Å². The van der Waals surface area contributed by atoms with E-state index in [4.69, 9.17) is 4.74 Å². The van der Waals surface area contributed by atoms with Gasteiger partial charge in [-0.15, -0.1) is 12.4 Å². The van der Waals surface area contributed by atoms with E-state index >= 15 is 0 Å². The van der Waals surface area contributed by atoms with Crippen LogP contribution in [-0.2, 0) is 15.7 Å². The first kappa shape index (κ1) is 21.5. The molecule has 2 saturated heterocycles. The number of alkyl halides is 3. The lowest BCUT2D eigenvalue weighted by Gasteiger charge is -2.37. The molecular weight excluding hydrogens is 387 g/mol. The number of piperazine rings is 1. The number of nitrogens with one attached hydrogen (secondary N) is 1. The number of rotatable bonds is 2. The van der Waals surface area contributed by atoms with Crippen LogP contribution < -0.4 is 5.32 Å². The number of morpholine rings is 1. The number of carbonyl (C=O) groups is 2. The SMILES string of the molecule is Cl.O=C(c1ccc(C(F)(F)F)cc1)N1CCN(C(=O)C2CNCCO2)CC1. The quantitative estimate of drug-likeness (QED) is 0.805. The molecule has 2 amide bonds. The monoisotopic (exact) mass is 407 g/mol. The highest BCUT2D eigenvalue weighted by Gasteiger charge is 2.32. The average Bonchev–Trinajstić information content (AvgIpc) is 2.67. The lowest BCUT2D eigenvalue weighted by Crippen LogP contribution is -2.56. The summed E-state index contributed by atoms with van der Waals surface area (Å²) in [5, 5.41) is 3.10. The predicted octanol–water partition coefficient (Wildman–Crippen LogP) is 1.40. The number of amides is 2. The summed E-state index contributed by atoms with van der Waals surface area (Å²) in [6, 6.07) is 4.18. The molecule has 0 bridgehead atoms. The minimum absolute atomic E-state index is 0. The normalized spacial score (nSPS) is 20.8. The van der Waals surface area contributed by atoms with Crippen LogP contribution in [0.4, 0.5) is 13.2 Å². The molecule has 2 heterocycles. The number of hydrogen-bond donors (Lipinski definition) is 1. The number of hydrogen-bond acceptors (Lipinski definition) is 4. The zero-order valence-electron chi connectivity index (χ0n) is 14.5. The number of ether oxygens (including phenoxy) is 1. The molecule has 1 N–H and O–H groups in total. The average molecular weight is 408 g/mol. The maximum Gasteiger partial charge on any atom is 0.416 e. The molecule has 2 fully saturated rings. The van der Waals surface area contributed by atoms with Gasteiger partial charge in [0.2, 0.25) is 0 Å². The van der Waals surface area contributed by atoms with Crippen LogP contribution in [0.1, 0.15) is 15.9 Å². The highest BCUT2D eigenvalue weighted by Crippen LogP contribution is 2.29. The largest absolute Gasteiger partial charge is 0.416 e. The molecule has 6 nitrogen and oxygen atoms in total. The summed E-state index contributed by atoms with van der Waals surface area (Å²) in [6.45, 7) is 3.12. The van der Waals surface area contributed by atoms with Gasteiger partial charge in [-0.3, -0.25) is 9.59 Å². The molecular formula is C17H21ClF3N3O3. The molecule has 0 aromatic heterocycles. The molecule has 1 atom stereocenters. The highest BCUT2D eigenvalue weighted by molar-refractivity contribution is 5.94. The molecule has 0 saturated carbocycles. The molecule has 2 aliphatic heterocycles. The Bertz CT molecular complexity index is 656. The lowest BCUT2D eigenvalue weighted by molar-refractivity contribution is -0.146. The maximum atomic E-state index is 12.6. The van der Waals surface area contributed by atoms with Gasteiger partial charge in [0.05, 0.1) is 12.2 Å². The van der Waals surface area contributed by atoms with Crippen LogP contribution in [0.15, 0.2) is 24.3 Å². The Balaban J connectivity index is 0.00000261. The Labute approximate surface area is 161 Å². The minimum Gasteiger partial charge on any atom is -0.366 e. The van der Waals surface area contributed by atoms with Crippen LogP contribution >= 0.6 is 12.4 Å². The fourth-order valence-corrected chi connectivity index (χ4v) is 3.04. The summed E-state index contributed by atoms with van der Waals surface area (Å²) in [5.41, 5.74) is -0.580. The van der Waals surface area contributed by atoms with Gasteiger partial charge >= 0.3 is 6.18 Å². The molecule has 1 unspecified atom stereocenters. The van der Waals surface area contributed by atoms with E-state index in [0.717, 1.165) is 18.7 Å². The highest BCUT2D eigenvalue weighted by atomic mass is 35.5. The van der Waals surface area contributed by atoms with Gasteiger partial charge in [-0.05, 0) is 24.3 Å². The van der Waals surface area contributed by atoms with Gasteiger partial charge in [0.15, 0.2) is 0 Å². The van der Waals surface area contributed by atoms with E-state index in [1.807, 2.05) is 0 Å². The maximum absolute atomic E-state index is 12.6. The Kier molecular flexibility index (Phi) is 7.07. The molecule has 2 aliphatic rings. The Morgan fingerprint density at radius 1 is 1.04 bits per heavy atom. The van der Waals surface area contributed by atoms with Gasteiger partial charge in [-0.2, -0.15) is 13.2 Å². The van der Waals surface area contributed by atoms with Crippen LogP contribution in [0.5, 0.6) is 0 Å². The second-order valence-corrected chi connectivity index (χ2v) is 6.26. The van der Waals surface area contributed by atoms with E-state index in [1.165, 1.54) is 12.1 Å². The summed E-state index contributed by atoms with van der Waals surface area (Å²) >= 11 is 0. The molecule has 1 aromatic carbocycles. The molecule has 1 aromatic rings. The number of halogens is 4. The van der Waals surface area contributed by atoms with E-state index in [-0.39, 0.29) is 29.8 Å². The van der Waals surface area contributed by atoms with Crippen LogP contribution in [0, 0.1) is 0 Å². The van der Waals surface area contributed by atoms with Gasteiger partial charge in [0, 0.05) is 44.8 Å². The summed E-state index contributed by atoms with van der Waals surface area (Å²) in [4.78, 5) is 28.0. The molecule has 10 heteroatoms. The topological polar surface area (TPSA) is 61.9 Å². The van der Waals surface area contributed by atoms with Crippen molar-refractivity contribution in [3.05, 3.63) is 35.4 Å². The van der Waals surface area contributed by atoms with Crippen molar-refractivity contribution in [3.8, 4) is 0 Å². The first-order valence-corrected chi connectivity index (χ1v) is 8.44. The Morgan fingerprint density at radius 3 is 2.15 bits per heavy atom. The van der Waals surface area contributed by atoms with Gasteiger partial charge in [-0.1, -0.05) is 0 Å². The zero-order chi connectivity index (χ0) is 18.7. The van der Waals surface area contributed by atoms with Crippen LogP contribution in [0.2, 0.25) is 0 Å². The summed E-state index contributed by atoms with van der Waals surface area (Å²) in [5.74, 6) is -0.430. The third-order valence-corrected chi connectivity index (χ3v) is 4.54. The summed E-state index contributed by atoms with van der Waals surface area (Å²) in [7, 11) is 0. The molecule has 0 radical (unpaired) electrons. The van der Waals surface area contributed by atoms with Crippen molar-refractivity contribution in [3.63, 3.8) is 0 Å². The van der Waals surface area contributed by atoms with E-state index in [0.29, 0.717) is 39.3 Å². The van der Waals surface area contributed by atoms with E-state index < -0.39 is 17.8 Å². The first-order valence-electron chi connectivity index (χ1n) is 8.44. The molecule has 0 spiro atoms. The van der Waals surface area contributed by atoms with Gasteiger partial charge in [-0.25, -0.2) is 0 Å². The second kappa shape index (κ2) is 8.90. The molecule has 150 valence electrons. The summed E-state index contributed by atoms with van der Waals surface area (Å²) in [6.07, 6.45) is -4.93. The lowest BCUT2D eigenvalue weighted by atomic mass is 10.1. The van der Waals surface area contributed by atoms with Crippen molar-refractivity contribution in [1.29, 1.82) is 0 Å². The number of carbonyl (C=O) groups excluding carboxylic acids is 2. The minimum atomic E-state index is -4.43. The van der Waals surface area contributed by atoms with Crippen LogP contribution in [0.3, 0.4) is 0 Å². The fourth-order valence-electron chi connectivity index (χ4n) is 3.04. The number of benzene rings is 1. The van der Waals surface area contributed by atoms with Crippen molar-refractivity contribution >= 4 is 24.2 Å². The Morgan fingerprint density at radius 2 is 1.63 bits per heavy atom. The van der Waals surface area contributed by atoms with Crippen molar-refractivity contribution < 1.29 is 27.5 Å². The summed E-state index contributed by atoms with van der Waals surface area (Å²) < 4.78 is 43.2. The van der Waals surface area contributed by atoms with Crippen LogP contribution in [-0.4, -0.2) is 73.6 Å². The van der Waals surface area contributed by atoms with E-state index in [1.54, 1.807) is 9.80 Å². The predicted molar refractivity (Wildman–Crippen MR) is 93.8 cm³/mol. The molecule has 3 rings (SSSR count). The third-order valence-electron chi connectivity index (χ3n) is 4.54. The second-order valence-electron chi connectivity index (χ2n) is 6.26. The van der Waals surface area contributed by atoms with Crippen LogP contribution in [0.25, 0.3) is 0 Å². The smallest absolute Gasteiger partial charge is 0.366 e. The van der Waals surface area contributed by atoms with Gasteiger partial charge in [0.25, 0.3) is 11.8 Å². The molecule has 0 aliphatic carbocycles. The Hall–Kier alpha value is -1.84. The van der Waals surface area contributed by atoms with Gasteiger partial charge < -0.3 is 19.9 Å². The van der Waals surface area contributed by atoms with Crippen molar-refractivity contribution in [2.75, 3.05) is 45.9 Å².